The molecule has 116 valence electrons. The quantitative estimate of drug-likeness (QED) is 0.879. The van der Waals surface area contributed by atoms with Gasteiger partial charge in [-0.25, -0.2) is 4.39 Å². The van der Waals surface area contributed by atoms with Gasteiger partial charge in [-0.05, 0) is 57.2 Å². The number of aromatic nitrogens is 2. The second-order valence-corrected chi connectivity index (χ2v) is 6.85. The molecule has 0 spiro atoms. The molecule has 1 N–H and O–H groups in total. The zero-order valence-electron chi connectivity index (χ0n) is 12.8. The van der Waals surface area contributed by atoms with Crippen molar-refractivity contribution in [2.45, 2.75) is 31.3 Å². The van der Waals surface area contributed by atoms with Crippen molar-refractivity contribution in [3.8, 4) is 11.3 Å². The van der Waals surface area contributed by atoms with Crippen molar-refractivity contribution in [1.29, 1.82) is 0 Å². The van der Waals surface area contributed by atoms with Gasteiger partial charge in [-0.15, -0.1) is 10.2 Å². The highest BCUT2D eigenvalue weighted by Gasteiger charge is 2.14. The lowest BCUT2D eigenvalue weighted by Crippen LogP contribution is -2.41. The molecule has 0 unspecified atom stereocenters. The van der Waals surface area contributed by atoms with E-state index in [4.69, 9.17) is 0 Å². The summed E-state index contributed by atoms with van der Waals surface area (Å²) in [4.78, 5) is 11.7. The van der Waals surface area contributed by atoms with Crippen LogP contribution in [-0.2, 0) is 4.79 Å². The largest absolute Gasteiger partial charge is 0.351 e. The van der Waals surface area contributed by atoms with Crippen LogP contribution in [0, 0.1) is 5.82 Å². The number of nitrogens with zero attached hydrogens (tertiary/aromatic N) is 2. The number of thioether (sulfide) groups is 1. The number of carbonyl (C=O) groups excluding carboxylic acids is 1. The van der Waals surface area contributed by atoms with E-state index in [0.717, 1.165) is 5.56 Å². The second-order valence-electron chi connectivity index (χ2n) is 5.85. The van der Waals surface area contributed by atoms with Crippen LogP contribution in [0.5, 0.6) is 0 Å². The summed E-state index contributed by atoms with van der Waals surface area (Å²) in [5, 5.41) is 11.8. The number of hydrogen-bond acceptors (Lipinski definition) is 4. The van der Waals surface area contributed by atoms with Gasteiger partial charge in [0.2, 0.25) is 5.91 Å². The van der Waals surface area contributed by atoms with E-state index < -0.39 is 0 Å². The number of carbonyl (C=O) groups is 1. The van der Waals surface area contributed by atoms with Gasteiger partial charge < -0.3 is 5.32 Å². The lowest BCUT2D eigenvalue weighted by Gasteiger charge is -2.20. The standard InChI is InChI=1S/C16H18FN3OS/c1-16(2,3)18-14(21)10-22-15-9-8-13(19-20-15)11-4-6-12(17)7-5-11/h4-9H,10H2,1-3H3,(H,18,21). The number of hydrogen-bond donors (Lipinski definition) is 1. The first-order chi connectivity index (χ1) is 10.3. The predicted molar refractivity (Wildman–Crippen MR) is 86.0 cm³/mol. The summed E-state index contributed by atoms with van der Waals surface area (Å²) >= 11 is 1.33. The molecule has 0 radical (unpaired) electrons. The summed E-state index contributed by atoms with van der Waals surface area (Å²) in [5.41, 5.74) is 1.23. The molecule has 2 aromatic rings. The molecule has 0 aliphatic rings. The molecule has 4 nitrogen and oxygen atoms in total. The van der Waals surface area contributed by atoms with Gasteiger partial charge in [-0.1, -0.05) is 11.8 Å². The Kier molecular flexibility index (Phi) is 5.13. The summed E-state index contributed by atoms with van der Waals surface area (Å²) in [6.45, 7) is 5.81. The number of rotatable bonds is 4. The summed E-state index contributed by atoms with van der Waals surface area (Å²) in [6, 6.07) is 9.70. The lowest BCUT2D eigenvalue weighted by molar-refractivity contribution is -0.119. The third-order valence-corrected chi connectivity index (χ3v) is 3.57. The maximum atomic E-state index is 12.9. The minimum Gasteiger partial charge on any atom is -0.351 e. The van der Waals surface area contributed by atoms with Gasteiger partial charge in [0.15, 0.2) is 0 Å². The first-order valence-corrected chi connectivity index (χ1v) is 7.85. The third kappa shape index (κ3) is 5.11. The summed E-state index contributed by atoms with van der Waals surface area (Å²) < 4.78 is 12.9. The number of amides is 1. The van der Waals surface area contributed by atoms with Crippen LogP contribution in [0.1, 0.15) is 20.8 Å². The molecule has 1 aromatic heterocycles. The molecule has 0 fully saturated rings. The lowest BCUT2D eigenvalue weighted by atomic mass is 10.1. The molecular formula is C16H18FN3OS. The van der Waals surface area contributed by atoms with E-state index in [1.54, 1.807) is 18.2 Å². The van der Waals surface area contributed by atoms with Crippen molar-refractivity contribution in [2.24, 2.45) is 0 Å². The van der Waals surface area contributed by atoms with Gasteiger partial charge in [-0.3, -0.25) is 4.79 Å². The predicted octanol–water partition coefficient (Wildman–Crippen LogP) is 3.29. The van der Waals surface area contributed by atoms with E-state index in [9.17, 15) is 9.18 Å². The van der Waals surface area contributed by atoms with Gasteiger partial charge in [0.25, 0.3) is 0 Å². The van der Waals surface area contributed by atoms with Crippen LogP contribution in [0.25, 0.3) is 11.3 Å². The number of halogens is 1. The minimum absolute atomic E-state index is 0.0399. The third-order valence-electron chi connectivity index (χ3n) is 2.65. The van der Waals surface area contributed by atoms with E-state index >= 15 is 0 Å². The Morgan fingerprint density at radius 1 is 1.14 bits per heavy atom. The maximum absolute atomic E-state index is 12.9. The van der Waals surface area contributed by atoms with Crippen molar-refractivity contribution >= 4 is 17.7 Å². The highest BCUT2D eigenvalue weighted by Crippen LogP contribution is 2.20. The van der Waals surface area contributed by atoms with Gasteiger partial charge >= 0.3 is 0 Å². The highest BCUT2D eigenvalue weighted by molar-refractivity contribution is 7.99. The molecule has 0 bridgehead atoms. The van der Waals surface area contributed by atoms with Crippen LogP contribution in [-0.4, -0.2) is 27.4 Å². The summed E-state index contributed by atoms with van der Waals surface area (Å²) in [7, 11) is 0. The number of benzene rings is 1. The van der Waals surface area contributed by atoms with Crippen molar-refractivity contribution in [2.75, 3.05) is 5.75 Å². The molecule has 1 amide bonds. The Bertz CT molecular complexity index is 636. The van der Waals surface area contributed by atoms with Gasteiger partial charge in [0, 0.05) is 11.1 Å². The molecule has 0 atom stereocenters. The molecule has 0 aliphatic carbocycles. The van der Waals surface area contributed by atoms with Crippen LogP contribution < -0.4 is 5.32 Å². The molecule has 22 heavy (non-hydrogen) atoms. The molecule has 6 heteroatoms. The SMILES string of the molecule is CC(C)(C)NC(=O)CSc1ccc(-c2ccc(F)cc2)nn1. The summed E-state index contributed by atoms with van der Waals surface area (Å²) in [6.07, 6.45) is 0. The van der Waals surface area contributed by atoms with Crippen LogP contribution in [0.4, 0.5) is 4.39 Å². The minimum atomic E-state index is -0.284. The van der Waals surface area contributed by atoms with Crippen molar-refractivity contribution in [3.05, 3.63) is 42.2 Å². The monoisotopic (exact) mass is 319 g/mol. The maximum Gasteiger partial charge on any atom is 0.230 e. The van der Waals surface area contributed by atoms with Crippen LogP contribution in [0.2, 0.25) is 0 Å². The van der Waals surface area contributed by atoms with Gasteiger partial charge in [-0.2, -0.15) is 0 Å². The zero-order chi connectivity index (χ0) is 16.2. The van der Waals surface area contributed by atoms with Crippen molar-refractivity contribution in [1.82, 2.24) is 15.5 Å². The second kappa shape index (κ2) is 6.87. The van der Waals surface area contributed by atoms with E-state index in [2.05, 4.69) is 15.5 Å². The molecule has 0 aliphatic heterocycles. The van der Waals surface area contributed by atoms with Crippen molar-refractivity contribution in [3.63, 3.8) is 0 Å². The fraction of sp³-hybridized carbons (Fsp3) is 0.312. The fourth-order valence-electron chi connectivity index (χ4n) is 1.77. The van der Waals surface area contributed by atoms with Crippen molar-refractivity contribution < 1.29 is 9.18 Å². The molecular weight excluding hydrogens is 301 g/mol. The Hall–Kier alpha value is -1.95. The smallest absolute Gasteiger partial charge is 0.230 e. The topological polar surface area (TPSA) is 54.9 Å². The molecule has 1 aromatic carbocycles. The van der Waals surface area contributed by atoms with Crippen LogP contribution in [0.3, 0.4) is 0 Å². The first-order valence-electron chi connectivity index (χ1n) is 6.87. The average Bonchev–Trinajstić information content (AvgIpc) is 2.45. The molecule has 0 saturated heterocycles. The Morgan fingerprint density at radius 3 is 2.36 bits per heavy atom. The fourth-order valence-corrected chi connectivity index (χ4v) is 2.38. The van der Waals surface area contributed by atoms with Crippen LogP contribution in [0.15, 0.2) is 41.4 Å². The summed E-state index contributed by atoms with van der Waals surface area (Å²) in [5.74, 6) is -0.0300. The normalized spacial score (nSPS) is 11.3. The van der Waals surface area contributed by atoms with Crippen LogP contribution >= 0.6 is 11.8 Å². The highest BCUT2D eigenvalue weighted by atomic mass is 32.2. The average molecular weight is 319 g/mol. The first kappa shape index (κ1) is 16.4. The van der Waals surface area contributed by atoms with Gasteiger partial charge in [0.1, 0.15) is 10.8 Å². The Balaban J connectivity index is 1.95. The zero-order valence-corrected chi connectivity index (χ0v) is 13.6. The van der Waals surface area contributed by atoms with E-state index in [1.807, 2.05) is 26.8 Å². The Morgan fingerprint density at radius 2 is 1.82 bits per heavy atom. The molecule has 1 heterocycles. The Labute approximate surface area is 133 Å². The molecule has 0 saturated carbocycles. The van der Waals surface area contributed by atoms with E-state index in [0.29, 0.717) is 16.5 Å². The molecule has 2 rings (SSSR count). The van der Waals surface area contributed by atoms with E-state index in [1.165, 1.54) is 23.9 Å². The number of nitrogens with one attached hydrogen (secondary N) is 1. The van der Waals surface area contributed by atoms with Gasteiger partial charge in [0.05, 0.1) is 11.4 Å². The van der Waals surface area contributed by atoms with E-state index in [-0.39, 0.29) is 17.3 Å².